The van der Waals surface area contributed by atoms with Gasteiger partial charge in [0.15, 0.2) is 5.82 Å². The highest BCUT2D eigenvalue weighted by Crippen LogP contribution is 2.44. The normalized spacial score (nSPS) is 12.1. The molecular formula is C100H59N5O3. The zero-order chi connectivity index (χ0) is 70.7. The van der Waals surface area contributed by atoms with Crippen LogP contribution in [0.2, 0.25) is 0 Å². The van der Waals surface area contributed by atoms with Gasteiger partial charge in [0.2, 0.25) is 0 Å². The van der Waals surface area contributed by atoms with E-state index in [2.05, 4.69) is 335 Å². The van der Waals surface area contributed by atoms with E-state index in [1.165, 1.54) is 32.3 Å². The van der Waals surface area contributed by atoms with E-state index < -0.39 is 0 Å². The average molecular weight is 1380 g/mol. The van der Waals surface area contributed by atoms with E-state index in [1.807, 2.05) is 36.4 Å². The Bertz CT molecular complexity index is 7390. The molecule has 0 saturated heterocycles. The molecule has 0 atom stereocenters. The van der Waals surface area contributed by atoms with E-state index in [0.717, 1.165) is 189 Å². The molecule has 8 heteroatoms. The lowest BCUT2D eigenvalue weighted by molar-refractivity contribution is 0.668. The van der Waals surface area contributed by atoms with E-state index in [1.54, 1.807) is 0 Å². The first-order chi connectivity index (χ1) is 53.5. The highest BCUT2D eigenvalue weighted by atomic mass is 16.3. The van der Waals surface area contributed by atoms with Gasteiger partial charge in [-0.2, -0.15) is 0 Å². The van der Waals surface area contributed by atoms with Crippen molar-refractivity contribution in [3.63, 3.8) is 0 Å². The number of nitrogens with zero attached hydrogens (tertiary/aromatic N) is 5. The summed E-state index contributed by atoms with van der Waals surface area (Å²) >= 11 is 0. The summed E-state index contributed by atoms with van der Waals surface area (Å²) < 4.78 is 26.2. The van der Waals surface area contributed by atoms with Crippen LogP contribution in [0.4, 0.5) is 0 Å². The Balaban J connectivity index is 0.617. The van der Waals surface area contributed by atoms with Crippen LogP contribution in [0, 0.1) is 0 Å². The molecule has 0 amide bonds. The van der Waals surface area contributed by atoms with Gasteiger partial charge in [0.1, 0.15) is 33.5 Å². The van der Waals surface area contributed by atoms with Crippen molar-refractivity contribution < 1.29 is 13.3 Å². The van der Waals surface area contributed by atoms with E-state index in [-0.39, 0.29) is 0 Å². The van der Waals surface area contributed by atoms with Gasteiger partial charge in [-0.05, 0) is 196 Å². The number of furan rings is 3. The summed E-state index contributed by atoms with van der Waals surface area (Å²) in [4.78, 5) is 11.1. The fourth-order valence-corrected chi connectivity index (χ4v) is 17.1. The maximum Gasteiger partial charge on any atom is 0.160 e. The third kappa shape index (κ3) is 9.43. The van der Waals surface area contributed by atoms with Crippen molar-refractivity contribution in [2.75, 3.05) is 0 Å². The molecule has 0 spiro atoms. The molecule has 108 heavy (non-hydrogen) atoms. The van der Waals surface area contributed by atoms with Crippen molar-refractivity contribution in [1.29, 1.82) is 0 Å². The first kappa shape index (κ1) is 59.9. The zero-order valence-electron chi connectivity index (χ0n) is 58.0. The van der Waals surface area contributed by atoms with Crippen molar-refractivity contribution in [2.24, 2.45) is 0 Å². The number of rotatable bonds is 10. The van der Waals surface area contributed by atoms with E-state index in [0.29, 0.717) is 5.82 Å². The highest BCUT2D eigenvalue weighted by Gasteiger charge is 2.22. The van der Waals surface area contributed by atoms with Crippen LogP contribution in [0.5, 0.6) is 0 Å². The molecular weight excluding hydrogens is 1320 g/mol. The minimum absolute atomic E-state index is 0.625. The standard InChI is InChI=1S/C100H59N5O3/c1-7-25-88-74(19-1)83-53-63(66-37-45-80-77-22-4-10-28-94(77)106-97(80)56-66)40-48-91(83)103(88)71-43-35-61(36-44-71)60-31-33-62(34-32-60)100-101-86(69-15-13-17-72(51-69)104-89-26-8-2-20-75(89)84-54-64(41-49-92(84)104)67-38-46-81-78-23-5-11-29-95(78)107-98(81)57-67)59-87(102-100)70-16-14-18-73(52-70)105-90-27-9-3-21-76(90)85-55-65(42-50-93(85)105)68-39-47-82-79-24-6-12-30-96(79)108-99(82)58-68/h1-59H. The maximum atomic E-state index is 6.38. The fraction of sp³-hybridized carbons (Fsp3) is 0. The predicted octanol–water partition coefficient (Wildman–Crippen LogP) is 27.1. The number of hydrogen-bond acceptors (Lipinski definition) is 5. The predicted molar refractivity (Wildman–Crippen MR) is 445 cm³/mol. The first-order valence-corrected chi connectivity index (χ1v) is 36.6. The number of hydrogen-bond donors (Lipinski definition) is 0. The maximum absolute atomic E-state index is 6.38. The van der Waals surface area contributed by atoms with Gasteiger partial charge < -0.3 is 27.0 Å². The number of fused-ring (bicyclic) bond motifs is 18. The molecule has 0 radical (unpaired) electrons. The Morgan fingerprint density at radius 2 is 0.463 bits per heavy atom. The topological polar surface area (TPSA) is 80.0 Å². The SMILES string of the molecule is c1cc(-c2cc(-c3cccc(-n4c5ccccc5c5cc(-c6ccc7c(c6)oc6ccccc67)ccc54)c3)nc(-c3ccc(-c4ccc(-n5c6ccccc6c6cc(-c7ccc8c(c7)oc7ccccc78)ccc65)cc4)cc3)n2)cc(-n2c3ccccc3c3cc(-c4ccc5c(c4)oc4ccccc45)ccc32)c1. The number of para-hydroxylation sites is 6. The number of benzene rings is 16. The second-order valence-electron chi connectivity index (χ2n) is 28.4. The Hall–Kier alpha value is -14.6. The van der Waals surface area contributed by atoms with Crippen LogP contribution in [0.3, 0.4) is 0 Å². The van der Waals surface area contributed by atoms with Gasteiger partial charge in [-0.25, -0.2) is 9.97 Å². The van der Waals surface area contributed by atoms with Gasteiger partial charge in [-0.15, -0.1) is 0 Å². The monoisotopic (exact) mass is 1380 g/mol. The molecule has 0 saturated carbocycles. The summed E-state index contributed by atoms with van der Waals surface area (Å²) in [5.74, 6) is 0.625. The molecule has 502 valence electrons. The van der Waals surface area contributed by atoms with E-state index in [4.69, 9.17) is 23.2 Å². The van der Waals surface area contributed by atoms with Crippen LogP contribution in [0.1, 0.15) is 0 Å². The van der Waals surface area contributed by atoms with Crippen molar-refractivity contribution >= 4 is 131 Å². The van der Waals surface area contributed by atoms with E-state index in [9.17, 15) is 0 Å². The lowest BCUT2D eigenvalue weighted by Crippen LogP contribution is -1.99. The minimum Gasteiger partial charge on any atom is -0.456 e. The molecule has 0 aliphatic heterocycles. The molecule has 0 unspecified atom stereocenters. The molecule has 16 aromatic carbocycles. The van der Waals surface area contributed by atoms with Crippen LogP contribution in [0.25, 0.3) is 227 Å². The van der Waals surface area contributed by atoms with Gasteiger partial charge in [0.05, 0.1) is 44.5 Å². The van der Waals surface area contributed by atoms with Gasteiger partial charge in [0, 0.05) is 98.4 Å². The third-order valence-corrected chi connectivity index (χ3v) is 22.3. The first-order valence-electron chi connectivity index (χ1n) is 36.6. The van der Waals surface area contributed by atoms with Crippen molar-refractivity contribution in [2.45, 2.75) is 0 Å². The van der Waals surface area contributed by atoms with Crippen LogP contribution in [-0.2, 0) is 0 Å². The molecule has 8 nitrogen and oxygen atoms in total. The van der Waals surface area contributed by atoms with Crippen LogP contribution in [0.15, 0.2) is 371 Å². The van der Waals surface area contributed by atoms with Crippen LogP contribution >= 0.6 is 0 Å². The smallest absolute Gasteiger partial charge is 0.160 e. The molecule has 23 rings (SSSR count). The summed E-state index contributed by atoms with van der Waals surface area (Å²) in [5, 5.41) is 13.8. The summed E-state index contributed by atoms with van der Waals surface area (Å²) in [5.41, 5.74) is 28.6. The van der Waals surface area contributed by atoms with E-state index >= 15 is 0 Å². The average Bonchev–Trinajstić information content (AvgIpc) is 1.62. The third-order valence-electron chi connectivity index (χ3n) is 22.3. The van der Waals surface area contributed by atoms with Crippen LogP contribution < -0.4 is 0 Å². The Kier molecular flexibility index (Phi) is 13.0. The molecule has 0 aliphatic rings. The molecule has 7 heterocycles. The quantitative estimate of drug-likeness (QED) is 0.136. The second kappa shape index (κ2) is 23.5. The largest absolute Gasteiger partial charge is 0.456 e. The van der Waals surface area contributed by atoms with Crippen molar-refractivity contribution in [3.8, 4) is 95.5 Å². The van der Waals surface area contributed by atoms with Crippen LogP contribution in [-0.4, -0.2) is 23.7 Å². The Morgan fingerprint density at radius 1 is 0.167 bits per heavy atom. The van der Waals surface area contributed by atoms with Crippen molar-refractivity contribution in [1.82, 2.24) is 23.7 Å². The lowest BCUT2D eigenvalue weighted by Gasteiger charge is -2.14. The second-order valence-corrected chi connectivity index (χ2v) is 28.4. The Morgan fingerprint density at radius 3 is 0.861 bits per heavy atom. The van der Waals surface area contributed by atoms with Gasteiger partial charge in [0.25, 0.3) is 0 Å². The molecule has 7 aromatic heterocycles. The van der Waals surface area contributed by atoms with Gasteiger partial charge in [-0.3, -0.25) is 0 Å². The molecule has 0 bridgehead atoms. The fourth-order valence-electron chi connectivity index (χ4n) is 17.1. The summed E-state index contributed by atoms with van der Waals surface area (Å²) in [6, 6.07) is 128. The van der Waals surface area contributed by atoms with Gasteiger partial charge in [-0.1, -0.05) is 206 Å². The summed E-state index contributed by atoms with van der Waals surface area (Å²) in [6.07, 6.45) is 0. The molecule has 23 aromatic rings. The molecule has 0 fully saturated rings. The number of aromatic nitrogens is 5. The molecule has 0 aliphatic carbocycles. The molecule has 0 N–H and O–H groups in total. The highest BCUT2D eigenvalue weighted by molar-refractivity contribution is 6.15. The minimum atomic E-state index is 0.625. The van der Waals surface area contributed by atoms with Crippen molar-refractivity contribution in [3.05, 3.63) is 358 Å². The zero-order valence-corrected chi connectivity index (χ0v) is 58.0. The Labute approximate surface area is 617 Å². The van der Waals surface area contributed by atoms with Gasteiger partial charge >= 0.3 is 0 Å². The summed E-state index contributed by atoms with van der Waals surface area (Å²) in [7, 11) is 0. The summed E-state index contributed by atoms with van der Waals surface area (Å²) in [6.45, 7) is 0. The lowest BCUT2D eigenvalue weighted by atomic mass is 10.0.